The lowest BCUT2D eigenvalue weighted by molar-refractivity contribution is 0.0269. The fraction of sp³-hybridized carbons (Fsp3) is 0.944. The van der Waals surface area contributed by atoms with Crippen molar-refractivity contribution in [3.8, 4) is 0 Å². The second-order valence-electron chi connectivity index (χ2n) is 8.49. The Kier molecular flexibility index (Phi) is 4.67. The average Bonchev–Trinajstić information content (AvgIpc) is 2.91. The van der Waals surface area contributed by atoms with Gasteiger partial charge in [0.25, 0.3) is 0 Å². The van der Waals surface area contributed by atoms with Crippen molar-refractivity contribution in [2.75, 3.05) is 19.6 Å². The largest absolute Gasteiger partial charge is 0.444 e. The zero-order valence-electron chi connectivity index (χ0n) is 14.4. The minimum absolute atomic E-state index is 0.138. The van der Waals surface area contributed by atoms with Crippen LogP contribution in [0.5, 0.6) is 0 Å². The summed E-state index contributed by atoms with van der Waals surface area (Å²) >= 11 is 0. The van der Waals surface area contributed by atoms with Gasteiger partial charge in [0.1, 0.15) is 5.60 Å². The lowest BCUT2D eigenvalue weighted by atomic mass is 9.87. The number of carbonyl (C=O) groups excluding carboxylic acids is 1. The highest BCUT2D eigenvalue weighted by Gasteiger charge is 2.56. The molecule has 0 aromatic heterocycles. The number of amides is 1. The quantitative estimate of drug-likeness (QED) is 0.865. The predicted molar refractivity (Wildman–Crippen MR) is 87.8 cm³/mol. The standard InChI is InChI=1S/C18H32N2O2/c1-18(2,3)22-17(21)20-11-14-15(12-20)16(14)19-10-9-13-7-5-4-6-8-13/h13-16,19H,4-12H2,1-3H3. The van der Waals surface area contributed by atoms with Crippen molar-refractivity contribution in [3.63, 3.8) is 0 Å². The van der Waals surface area contributed by atoms with Crippen molar-refractivity contribution in [1.29, 1.82) is 0 Å². The molecule has 2 unspecified atom stereocenters. The van der Waals surface area contributed by atoms with Gasteiger partial charge in [0.15, 0.2) is 0 Å². The zero-order valence-corrected chi connectivity index (χ0v) is 14.4. The predicted octanol–water partition coefficient (Wildman–Crippen LogP) is 3.41. The number of piperidine rings is 1. The van der Waals surface area contributed by atoms with Gasteiger partial charge in [-0.25, -0.2) is 4.79 Å². The van der Waals surface area contributed by atoms with Crippen LogP contribution in [-0.4, -0.2) is 42.3 Å². The number of carbonyl (C=O) groups is 1. The Hall–Kier alpha value is -0.770. The lowest BCUT2D eigenvalue weighted by Crippen LogP contribution is -2.39. The van der Waals surface area contributed by atoms with Gasteiger partial charge in [0, 0.05) is 19.1 Å². The van der Waals surface area contributed by atoms with E-state index in [9.17, 15) is 4.79 Å². The van der Waals surface area contributed by atoms with E-state index >= 15 is 0 Å². The van der Waals surface area contributed by atoms with Gasteiger partial charge in [-0.15, -0.1) is 0 Å². The molecule has 0 radical (unpaired) electrons. The van der Waals surface area contributed by atoms with Crippen LogP contribution in [0.15, 0.2) is 0 Å². The summed E-state index contributed by atoms with van der Waals surface area (Å²) in [6.07, 6.45) is 8.38. The Morgan fingerprint density at radius 2 is 1.77 bits per heavy atom. The highest BCUT2D eigenvalue weighted by Crippen LogP contribution is 2.45. The first kappa shape index (κ1) is 16.1. The van der Waals surface area contributed by atoms with Crippen molar-refractivity contribution in [2.45, 2.75) is 70.9 Å². The normalized spacial score (nSPS) is 32.0. The molecule has 3 aliphatic rings. The number of nitrogens with zero attached hydrogens (tertiary/aromatic N) is 1. The van der Waals surface area contributed by atoms with Crippen molar-refractivity contribution in [3.05, 3.63) is 0 Å². The Balaban J connectivity index is 1.32. The van der Waals surface area contributed by atoms with Gasteiger partial charge in [-0.05, 0) is 51.5 Å². The van der Waals surface area contributed by atoms with E-state index in [1.54, 1.807) is 0 Å². The van der Waals surface area contributed by atoms with Crippen LogP contribution >= 0.6 is 0 Å². The van der Waals surface area contributed by atoms with Gasteiger partial charge in [-0.2, -0.15) is 0 Å². The van der Waals surface area contributed by atoms with E-state index in [4.69, 9.17) is 4.74 Å². The van der Waals surface area contributed by atoms with Crippen LogP contribution in [0, 0.1) is 17.8 Å². The Morgan fingerprint density at radius 1 is 1.14 bits per heavy atom. The SMILES string of the molecule is CC(C)(C)OC(=O)N1CC2C(C1)C2NCCC1CCCCC1. The van der Waals surface area contributed by atoms with E-state index in [0.717, 1.165) is 25.6 Å². The van der Waals surface area contributed by atoms with Gasteiger partial charge in [0.05, 0.1) is 0 Å². The number of nitrogens with one attached hydrogen (secondary N) is 1. The van der Waals surface area contributed by atoms with Crippen LogP contribution in [0.4, 0.5) is 4.79 Å². The molecule has 1 saturated heterocycles. The van der Waals surface area contributed by atoms with Gasteiger partial charge in [0.2, 0.25) is 0 Å². The molecule has 0 aromatic carbocycles. The van der Waals surface area contributed by atoms with Crippen LogP contribution in [-0.2, 0) is 4.74 Å². The topological polar surface area (TPSA) is 41.6 Å². The Bertz CT molecular complexity index is 386. The highest BCUT2D eigenvalue weighted by atomic mass is 16.6. The highest BCUT2D eigenvalue weighted by molar-refractivity contribution is 5.69. The molecule has 1 heterocycles. The third-order valence-corrected chi connectivity index (χ3v) is 5.50. The van der Waals surface area contributed by atoms with Crippen molar-refractivity contribution in [1.82, 2.24) is 10.2 Å². The molecule has 1 N–H and O–H groups in total. The molecular formula is C18H32N2O2. The molecule has 2 aliphatic carbocycles. The van der Waals surface area contributed by atoms with Crippen molar-refractivity contribution >= 4 is 6.09 Å². The average molecular weight is 308 g/mol. The van der Waals surface area contributed by atoms with Gasteiger partial charge in [-0.3, -0.25) is 0 Å². The number of hydrogen-bond donors (Lipinski definition) is 1. The third kappa shape index (κ3) is 3.95. The van der Waals surface area contributed by atoms with E-state index in [-0.39, 0.29) is 11.7 Å². The van der Waals surface area contributed by atoms with Crippen LogP contribution in [0.3, 0.4) is 0 Å². The van der Waals surface area contributed by atoms with E-state index in [2.05, 4.69) is 5.32 Å². The summed E-state index contributed by atoms with van der Waals surface area (Å²) in [5.41, 5.74) is -0.387. The van der Waals surface area contributed by atoms with E-state index in [0.29, 0.717) is 17.9 Å². The molecular weight excluding hydrogens is 276 g/mol. The summed E-state index contributed by atoms with van der Waals surface area (Å²) in [5, 5.41) is 3.73. The van der Waals surface area contributed by atoms with Crippen LogP contribution in [0.1, 0.15) is 59.3 Å². The molecule has 4 heteroatoms. The molecule has 0 spiro atoms. The fourth-order valence-electron chi connectivity index (χ4n) is 4.23. The molecule has 4 nitrogen and oxygen atoms in total. The first-order valence-electron chi connectivity index (χ1n) is 9.15. The third-order valence-electron chi connectivity index (χ3n) is 5.50. The molecule has 2 atom stereocenters. The lowest BCUT2D eigenvalue weighted by Gasteiger charge is -2.26. The van der Waals surface area contributed by atoms with Crippen molar-refractivity contribution < 1.29 is 9.53 Å². The maximum absolute atomic E-state index is 12.0. The first-order chi connectivity index (χ1) is 10.4. The summed E-state index contributed by atoms with van der Waals surface area (Å²) < 4.78 is 5.45. The monoisotopic (exact) mass is 308 g/mol. The number of hydrogen-bond acceptors (Lipinski definition) is 3. The molecule has 3 fully saturated rings. The Morgan fingerprint density at radius 3 is 2.36 bits per heavy atom. The first-order valence-corrected chi connectivity index (χ1v) is 9.15. The molecule has 1 aliphatic heterocycles. The number of fused-ring (bicyclic) bond motifs is 1. The zero-order chi connectivity index (χ0) is 15.7. The van der Waals surface area contributed by atoms with Crippen LogP contribution in [0.2, 0.25) is 0 Å². The Labute approximate surface area is 135 Å². The fourth-order valence-corrected chi connectivity index (χ4v) is 4.23. The van der Waals surface area contributed by atoms with Crippen LogP contribution < -0.4 is 5.32 Å². The number of ether oxygens (including phenoxy) is 1. The molecule has 1 amide bonds. The van der Waals surface area contributed by atoms with Crippen molar-refractivity contribution in [2.24, 2.45) is 17.8 Å². The summed E-state index contributed by atoms with van der Waals surface area (Å²) in [6, 6.07) is 0.655. The molecule has 2 saturated carbocycles. The van der Waals surface area contributed by atoms with Crippen LogP contribution in [0.25, 0.3) is 0 Å². The second kappa shape index (κ2) is 6.38. The van der Waals surface area contributed by atoms with Gasteiger partial charge in [-0.1, -0.05) is 32.1 Å². The molecule has 0 bridgehead atoms. The molecule has 126 valence electrons. The molecule has 0 aromatic rings. The van der Waals surface area contributed by atoms with Gasteiger partial charge >= 0.3 is 6.09 Å². The van der Waals surface area contributed by atoms with Gasteiger partial charge < -0.3 is 15.0 Å². The number of rotatable bonds is 4. The summed E-state index contributed by atoms with van der Waals surface area (Å²) in [5.74, 6) is 2.29. The summed E-state index contributed by atoms with van der Waals surface area (Å²) in [6.45, 7) is 8.70. The molecule has 22 heavy (non-hydrogen) atoms. The summed E-state index contributed by atoms with van der Waals surface area (Å²) in [7, 11) is 0. The smallest absolute Gasteiger partial charge is 0.410 e. The minimum atomic E-state index is -0.387. The van der Waals surface area contributed by atoms with E-state index in [1.165, 1.54) is 38.5 Å². The summed E-state index contributed by atoms with van der Waals surface area (Å²) in [4.78, 5) is 13.9. The maximum Gasteiger partial charge on any atom is 0.410 e. The minimum Gasteiger partial charge on any atom is -0.444 e. The van der Waals surface area contributed by atoms with E-state index < -0.39 is 0 Å². The van der Waals surface area contributed by atoms with E-state index in [1.807, 2.05) is 25.7 Å². The molecule has 3 rings (SSSR count). The second-order valence-corrected chi connectivity index (χ2v) is 8.49. The maximum atomic E-state index is 12.0. The number of likely N-dealkylation sites (tertiary alicyclic amines) is 1.